The van der Waals surface area contributed by atoms with Crippen LogP contribution in [-0.2, 0) is 20.9 Å². The molecule has 0 radical (unpaired) electrons. The highest BCUT2D eigenvalue weighted by molar-refractivity contribution is 8.18. The maximum atomic E-state index is 13.6. The molecule has 0 atom stereocenters. The molecule has 2 aliphatic rings. The molecule has 2 saturated heterocycles. The Morgan fingerprint density at radius 1 is 1.00 bits per heavy atom. The summed E-state index contributed by atoms with van der Waals surface area (Å²) in [5.74, 6) is 0.348. The van der Waals surface area contributed by atoms with Gasteiger partial charge in [0.1, 0.15) is 5.75 Å². The van der Waals surface area contributed by atoms with Crippen LogP contribution >= 0.6 is 11.8 Å². The zero-order valence-corrected chi connectivity index (χ0v) is 22.0. The van der Waals surface area contributed by atoms with Crippen molar-refractivity contribution in [2.45, 2.75) is 13.5 Å². The molecule has 0 bridgehead atoms. The molecule has 2 amide bonds. The average molecular weight is 528 g/mol. The highest BCUT2D eigenvalue weighted by Crippen LogP contribution is 2.36. The number of nitrogens with zero attached hydrogens (tertiary/aromatic N) is 3. The number of benzene rings is 3. The van der Waals surface area contributed by atoms with Crippen LogP contribution in [0.15, 0.2) is 88.8 Å². The van der Waals surface area contributed by atoms with Crippen molar-refractivity contribution in [2.24, 2.45) is 4.99 Å². The lowest BCUT2D eigenvalue weighted by molar-refractivity contribution is -0.137. The Labute approximate surface area is 226 Å². The Morgan fingerprint density at radius 2 is 1.71 bits per heavy atom. The highest BCUT2D eigenvalue weighted by atomic mass is 32.2. The first-order valence-electron chi connectivity index (χ1n) is 12.5. The minimum atomic E-state index is -0.121. The smallest absolute Gasteiger partial charge is 0.267 e. The molecule has 194 valence electrons. The van der Waals surface area contributed by atoms with Gasteiger partial charge in [0, 0.05) is 18.7 Å². The quantitative estimate of drug-likeness (QED) is 0.403. The molecule has 0 unspecified atom stereocenters. The summed E-state index contributed by atoms with van der Waals surface area (Å²) < 4.78 is 11.2. The first-order chi connectivity index (χ1) is 18.6. The number of hydrogen-bond acceptors (Lipinski definition) is 6. The van der Waals surface area contributed by atoms with Gasteiger partial charge in [-0.3, -0.25) is 14.5 Å². The maximum absolute atomic E-state index is 13.6. The summed E-state index contributed by atoms with van der Waals surface area (Å²) in [7, 11) is 0. The third-order valence-corrected chi connectivity index (χ3v) is 7.26. The fraction of sp³-hybridized carbons (Fsp3) is 0.233. The third kappa shape index (κ3) is 6.33. The molecule has 0 aromatic heterocycles. The van der Waals surface area contributed by atoms with E-state index in [-0.39, 0.29) is 18.4 Å². The molecule has 3 aromatic carbocycles. The number of para-hydroxylation sites is 1. The van der Waals surface area contributed by atoms with E-state index in [0.717, 1.165) is 22.4 Å². The van der Waals surface area contributed by atoms with E-state index in [4.69, 9.17) is 14.5 Å². The molecule has 0 saturated carbocycles. The molecule has 0 spiro atoms. The lowest BCUT2D eigenvalue weighted by Crippen LogP contribution is -2.43. The van der Waals surface area contributed by atoms with Crippen LogP contribution in [0.3, 0.4) is 0 Å². The first kappa shape index (κ1) is 25.8. The van der Waals surface area contributed by atoms with Gasteiger partial charge in [0.05, 0.1) is 30.4 Å². The SMILES string of the molecule is Cc1ccc(N=C2S/C(=C/c3ccccc3OCC(=O)N3CCOCC3)C(=O)N2Cc2ccccc2)cc1. The summed E-state index contributed by atoms with van der Waals surface area (Å²) >= 11 is 1.34. The van der Waals surface area contributed by atoms with Gasteiger partial charge in [-0.2, -0.15) is 0 Å². The number of ether oxygens (including phenoxy) is 2. The number of aryl methyl sites for hydroxylation is 1. The van der Waals surface area contributed by atoms with Crippen LogP contribution in [-0.4, -0.2) is 59.7 Å². The Kier molecular flexibility index (Phi) is 8.21. The summed E-state index contributed by atoms with van der Waals surface area (Å²) in [5, 5.41) is 0.620. The number of rotatable bonds is 7. The number of carbonyl (C=O) groups is 2. The summed E-state index contributed by atoms with van der Waals surface area (Å²) in [6, 6.07) is 25.2. The van der Waals surface area contributed by atoms with Gasteiger partial charge < -0.3 is 14.4 Å². The Balaban J connectivity index is 1.39. The molecule has 7 nitrogen and oxygen atoms in total. The van der Waals surface area contributed by atoms with Crippen LogP contribution < -0.4 is 4.74 Å². The van der Waals surface area contributed by atoms with E-state index in [2.05, 4.69) is 0 Å². The van der Waals surface area contributed by atoms with Gasteiger partial charge in [-0.25, -0.2) is 4.99 Å². The van der Waals surface area contributed by atoms with E-state index in [1.807, 2.05) is 91.9 Å². The number of amidine groups is 1. The van der Waals surface area contributed by atoms with Crippen molar-refractivity contribution >= 4 is 40.5 Å². The lowest BCUT2D eigenvalue weighted by atomic mass is 10.1. The van der Waals surface area contributed by atoms with Gasteiger partial charge in [0.25, 0.3) is 11.8 Å². The molecule has 2 fully saturated rings. The highest BCUT2D eigenvalue weighted by Gasteiger charge is 2.33. The molecule has 2 aliphatic heterocycles. The van der Waals surface area contributed by atoms with Crippen molar-refractivity contribution in [3.63, 3.8) is 0 Å². The van der Waals surface area contributed by atoms with Crippen LogP contribution in [0.25, 0.3) is 6.08 Å². The normalized spacial score (nSPS) is 17.9. The van der Waals surface area contributed by atoms with E-state index in [1.54, 1.807) is 9.80 Å². The average Bonchev–Trinajstić information content (AvgIpc) is 3.23. The summed E-state index contributed by atoms with van der Waals surface area (Å²) in [6.45, 7) is 4.60. The van der Waals surface area contributed by atoms with E-state index >= 15 is 0 Å². The van der Waals surface area contributed by atoms with E-state index in [9.17, 15) is 9.59 Å². The second-order valence-electron chi connectivity index (χ2n) is 9.04. The molecule has 0 aliphatic carbocycles. The minimum Gasteiger partial charge on any atom is -0.483 e. The third-order valence-electron chi connectivity index (χ3n) is 6.25. The summed E-state index contributed by atoms with van der Waals surface area (Å²) in [6.07, 6.45) is 1.82. The molecular formula is C30H29N3O4S. The molecule has 3 aromatic rings. The maximum Gasteiger partial charge on any atom is 0.267 e. The van der Waals surface area contributed by atoms with Crippen molar-refractivity contribution in [2.75, 3.05) is 32.9 Å². The Hall–Kier alpha value is -3.88. The monoisotopic (exact) mass is 527 g/mol. The molecule has 38 heavy (non-hydrogen) atoms. The van der Waals surface area contributed by atoms with Crippen LogP contribution in [0.5, 0.6) is 5.75 Å². The van der Waals surface area contributed by atoms with Crippen molar-refractivity contribution in [3.8, 4) is 5.75 Å². The standard InChI is InChI=1S/C30H29N3O4S/c1-22-11-13-25(14-12-22)31-30-33(20-23-7-3-2-4-8-23)29(35)27(38-30)19-24-9-5-6-10-26(24)37-21-28(34)32-15-17-36-18-16-32/h2-14,19H,15-18,20-21H2,1H3/b27-19+,31-30?. The topological polar surface area (TPSA) is 71.4 Å². The van der Waals surface area contributed by atoms with Gasteiger partial charge in [-0.15, -0.1) is 0 Å². The Bertz CT molecular complexity index is 1350. The van der Waals surface area contributed by atoms with Gasteiger partial charge in [-0.1, -0.05) is 66.2 Å². The number of thioether (sulfide) groups is 1. The number of aliphatic imine (C=N–C) groups is 1. The minimum absolute atomic E-state index is 0.0679. The Morgan fingerprint density at radius 3 is 2.47 bits per heavy atom. The fourth-order valence-electron chi connectivity index (χ4n) is 4.14. The van der Waals surface area contributed by atoms with Gasteiger partial charge >= 0.3 is 0 Å². The van der Waals surface area contributed by atoms with E-state index in [1.165, 1.54) is 11.8 Å². The van der Waals surface area contributed by atoms with Crippen molar-refractivity contribution in [1.82, 2.24) is 9.80 Å². The van der Waals surface area contributed by atoms with Crippen molar-refractivity contribution in [3.05, 3.63) is 100 Å². The van der Waals surface area contributed by atoms with Gasteiger partial charge in [-0.05, 0) is 48.5 Å². The predicted octanol–water partition coefficient (Wildman–Crippen LogP) is 5.04. The van der Waals surface area contributed by atoms with Crippen molar-refractivity contribution < 1.29 is 19.1 Å². The van der Waals surface area contributed by atoms with E-state index in [0.29, 0.717) is 48.7 Å². The molecular weight excluding hydrogens is 498 g/mol. The second kappa shape index (κ2) is 12.1. The molecule has 0 N–H and O–H groups in total. The molecule has 5 rings (SSSR count). The predicted molar refractivity (Wildman–Crippen MR) is 150 cm³/mol. The number of amides is 2. The first-order valence-corrected chi connectivity index (χ1v) is 13.4. The summed E-state index contributed by atoms with van der Waals surface area (Å²) in [5.41, 5.74) is 3.68. The number of hydrogen-bond donors (Lipinski definition) is 0. The van der Waals surface area contributed by atoms with E-state index < -0.39 is 0 Å². The van der Waals surface area contributed by atoms with Crippen LogP contribution in [0.4, 0.5) is 5.69 Å². The van der Waals surface area contributed by atoms with Gasteiger partial charge in [0.15, 0.2) is 11.8 Å². The van der Waals surface area contributed by atoms with Gasteiger partial charge in [0.2, 0.25) is 0 Å². The van der Waals surface area contributed by atoms with Crippen LogP contribution in [0.2, 0.25) is 0 Å². The largest absolute Gasteiger partial charge is 0.483 e. The zero-order valence-electron chi connectivity index (χ0n) is 21.2. The number of morpholine rings is 1. The number of carbonyl (C=O) groups excluding carboxylic acids is 2. The molecule has 8 heteroatoms. The van der Waals surface area contributed by atoms with Crippen molar-refractivity contribution in [1.29, 1.82) is 0 Å². The zero-order chi connectivity index (χ0) is 26.3. The lowest BCUT2D eigenvalue weighted by Gasteiger charge is -2.26. The van der Waals surface area contributed by atoms with Crippen LogP contribution in [0, 0.1) is 6.92 Å². The molecule has 2 heterocycles. The second-order valence-corrected chi connectivity index (χ2v) is 10.0. The summed E-state index contributed by atoms with van der Waals surface area (Å²) in [4.78, 5) is 35.0. The fourth-order valence-corrected chi connectivity index (χ4v) is 5.13. The van der Waals surface area contributed by atoms with Crippen LogP contribution in [0.1, 0.15) is 16.7 Å².